The van der Waals surface area contributed by atoms with Crippen molar-refractivity contribution in [1.29, 1.82) is 0 Å². The SMILES string of the molecule is COc1ccc(-c2cc(C(F)(F)F)c3c(N)c(C(=O)N(C)Cc4ccccc4)sc3n2)cc1. The van der Waals surface area contributed by atoms with Crippen molar-refractivity contribution >= 4 is 33.1 Å². The van der Waals surface area contributed by atoms with E-state index < -0.39 is 17.6 Å². The Morgan fingerprint density at radius 3 is 2.39 bits per heavy atom. The summed E-state index contributed by atoms with van der Waals surface area (Å²) in [7, 11) is 3.09. The van der Waals surface area contributed by atoms with Crippen LogP contribution in [-0.2, 0) is 12.7 Å². The molecule has 170 valence electrons. The number of thiophene rings is 1. The van der Waals surface area contributed by atoms with Gasteiger partial charge in [-0.25, -0.2) is 4.98 Å². The first kappa shape index (κ1) is 22.6. The Bertz CT molecular complexity index is 1300. The number of aromatic nitrogens is 1. The number of ether oxygens (including phenoxy) is 1. The number of carbonyl (C=O) groups is 1. The van der Waals surface area contributed by atoms with Crippen molar-refractivity contribution in [3.63, 3.8) is 0 Å². The lowest BCUT2D eigenvalue weighted by Gasteiger charge is -2.16. The normalized spacial score (nSPS) is 11.5. The van der Waals surface area contributed by atoms with Crippen LogP contribution in [0.2, 0.25) is 0 Å². The number of nitrogens with two attached hydrogens (primary N) is 1. The van der Waals surface area contributed by atoms with Gasteiger partial charge in [0.2, 0.25) is 0 Å². The molecular weight excluding hydrogens is 451 g/mol. The molecule has 0 aliphatic heterocycles. The molecule has 0 spiro atoms. The molecule has 0 saturated heterocycles. The molecule has 0 aliphatic carbocycles. The van der Waals surface area contributed by atoms with Gasteiger partial charge in [-0.2, -0.15) is 13.2 Å². The van der Waals surface area contributed by atoms with E-state index >= 15 is 0 Å². The van der Waals surface area contributed by atoms with E-state index in [1.807, 2.05) is 30.3 Å². The molecule has 0 bridgehead atoms. The van der Waals surface area contributed by atoms with Crippen LogP contribution in [0.5, 0.6) is 5.75 Å². The number of benzene rings is 2. The number of anilines is 1. The van der Waals surface area contributed by atoms with Crippen molar-refractivity contribution in [3.05, 3.63) is 76.7 Å². The van der Waals surface area contributed by atoms with Crippen molar-refractivity contribution in [2.75, 3.05) is 19.9 Å². The van der Waals surface area contributed by atoms with Gasteiger partial charge in [0.1, 0.15) is 15.5 Å². The van der Waals surface area contributed by atoms with E-state index in [-0.39, 0.29) is 26.5 Å². The molecule has 0 radical (unpaired) electrons. The van der Waals surface area contributed by atoms with E-state index in [2.05, 4.69) is 4.98 Å². The maximum absolute atomic E-state index is 14.0. The summed E-state index contributed by atoms with van der Waals surface area (Å²) in [6.07, 6.45) is -4.67. The predicted molar refractivity (Wildman–Crippen MR) is 123 cm³/mol. The molecule has 0 unspecified atom stereocenters. The lowest BCUT2D eigenvalue weighted by atomic mass is 10.1. The molecule has 9 heteroatoms. The summed E-state index contributed by atoms with van der Waals surface area (Å²) in [5, 5.41) is -0.249. The maximum atomic E-state index is 14.0. The van der Waals surface area contributed by atoms with Gasteiger partial charge in [-0.3, -0.25) is 4.79 Å². The molecule has 0 saturated carbocycles. The average Bonchev–Trinajstić information content (AvgIpc) is 3.14. The molecule has 5 nitrogen and oxygen atoms in total. The third-order valence-corrected chi connectivity index (χ3v) is 6.28. The first-order chi connectivity index (χ1) is 15.7. The van der Waals surface area contributed by atoms with Gasteiger partial charge >= 0.3 is 6.18 Å². The summed E-state index contributed by atoms with van der Waals surface area (Å²) < 4.78 is 47.0. The Morgan fingerprint density at radius 2 is 1.79 bits per heavy atom. The Hall–Kier alpha value is -3.59. The average molecular weight is 472 g/mol. The molecule has 2 heterocycles. The zero-order chi connectivity index (χ0) is 23.8. The summed E-state index contributed by atoms with van der Waals surface area (Å²) in [5.74, 6) is 0.115. The molecule has 2 N–H and O–H groups in total. The third kappa shape index (κ3) is 4.49. The number of halogens is 3. The molecule has 0 atom stereocenters. The van der Waals surface area contributed by atoms with Crippen molar-refractivity contribution in [2.24, 2.45) is 0 Å². The number of nitrogen functional groups attached to an aromatic ring is 1. The van der Waals surface area contributed by atoms with Crippen LogP contribution < -0.4 is 10.5 Å². The summed E-state index contributed by atoms with van der Waals surface area (Å²) in [6.45, 7) is 0.296. The molecule has 0 aliphatic rings. The highest BCUT2D eigenvalue weighted by atomic mass is 32.1. The topological polar surface area (TPSA) is 68.5 Å². The van der Waals surface area contributed by atoms with Crippen LogP contribution in [0.3, 0.4) is 0 Å². The fourth-order valence-corrected chi connectivity index (χ4v) is 4.63. The Morgan fingerprint density at radius 1 is 1.12 bits per heavy atom. The monoisotopic (exact) mass is 471 g/mol. The van der Waals surface area contributed by atoms with Gasteiger partial charge in [-0.05, 0) is 35.9 Å². The lowest BCUT2D eigenvalue weighted by molar-refractivity contribution is -0.136. The zero-order valence-electron chi connectivity index (χ0n) is 17.8. The molecule has 33 heavy (non-hydrogen) atoms. The van der Waals surface area contributed by atoms with Crippen LogP contribution in [0.15, 0.2) is 60.7 Å². The molecule has 4 rings (SSSR count). The number of nitrogens with zero attached hydrogens (tertiary/aromatic N) is 2. The van der Waals surface area contributed by atoms with E-state index in [9.17, 15) is 18.0 Å². The van der Waals surface area contributed by atoms with Gasteiger partial charge in [-0.15, -0.1) is 11.3 Å². The fraction of sp³-hybridized carbons (Fsp3) is 0.167. The second-order valence-corrected chi connectivity index (χ2v) is 8.45. The third-order valence-electron chi connectivity index (χ3n) is 5.19. The number of hydrogen-bond acceptors (Lipinski definition) is 5. The summed E-state index contributed by atoms with van der Waals surface area (Å²) in [4.78, 5) is 19.0. The van der Waals surface area contributed by atoms with E-state index in [1.54, 1.807) is 31.3 Å². The van der Waals surface area contributed by atoms with E-state index in [1.165, 1.54) is 12.0 Å². The highest BCUT2D eigenvalue weighted by Crippen LogP contribution is 2.43. The number of amides is 1. The number of pyridine rings is 1. The minimum absolute atomic E-state index is 0.0355. The quantitative estimate of drug-likeness (QED) is 0.397. The van der Waals surface area contributed by atoms with Crippen LogP contribution in [0.25, 0.3) is 21.5 Å². The second-order valence-electron chi connectivity index (χ2n) is 7.45. The number of alkyl halides is 3. The number of rotatable bonds is 5. The number of methoxy groups -OCH3 is 1. The molecule has 2 aromatic carbocycles. The Kier molecular flexibility index (Phi) is 5.99. The van der Waals surface area contributed by atoms with Crippen LogP contribution in [0.1, 0.15) is 20.8 Å². The molecule has 0 fully saturated rings. The largest absolute Gasteiger partial charge is 0.497 e. The first-order valence-corrected chi connectivity index (χ1v) is 10.7. The number of carbonyl (C=O) groups excluding carboxylic acids is 1. The van der Waals surface area contributed by atoms with Gasteiger partial charge in [-0.1, -0.05) is 30.3 Å². The maximum Gasteiger partial charge on any atom is 0.417 e. The Balaban J connectivity index is 1.79. The zero-order valence-corrected chi connectivity index (χ0v) is 18.6. The van der Waals surface area contributed by atoms with Crippen LogP contribution in [0.4, 0.5) is 18.9 Å². The van der Waals surface area contributed by atoms with E-state index in [4.69, 9.17) is 10.5 Å². The Labute approximate surface area is 192 Å². The minimum atomic E-state index is -4.67. The lowest BCUT2D eigenvalue weighted by Crippen LogP contribution is -2.26. The highest BCUT2D eigenvalue weighted by molar-refractivity contribution is 7.21. The van der Waals surface area contributed by atoms with Crippen molar-refractivity contribution in [2.45, 2.75) is 12.7 Å². The van der Waals surface area contributed by atoms with Crippen LogP contribution in [0, 0.1) is 0 Å². The van der Waals surface area contributed by atoms with Crippen molar-refractivity contribution in [1.82, 2.24) is 9.88 Å². The number of fused-ring (bicyclic) bond motifs is 1. The van der Waals surface area contributed by atoms with Gasteiger partial charge in [0, 0.05) is 24.5 Å². The molecule has 4 aromatic rings. The standard InChI is InChI=1S/C24H20F3N3O2S/c1-30(13-14-6-4-3-5-7-14)23(31)21-20(28)19-17(24(25,26)27)12-18(29-22(19)33-21)15-8-10-16(32-2)11-9-15/h3-12H,13,28H2,1-2H3. The van der Waals surface area contributed by atoms with Gasteiger partial charge < -0.3 is 15.4 Å². The summed E-state index contributed by atoms with van der Waals surface area (Å²) >= 11 is 0.866. The van der Waals surface area contributed by atoms with Gasteiger partial charge in [0.25, 0.3) is 5.91 Å². The van der Waals surface area contributed by atoms with Crippen molar-refractivity contribution in [3.8, 4) is 17.0 Å². The van der Waals surface area contributed by atoms with Crippen LogP contribution >= 0.6 is 11.3 Å². The van der Waals surface area contributed by atoms with E-state index in [0.717, 1.165) is 23.0 Å². The molecule has 2 aromatic heterocycles. The fourth-order valence-electron chi connectivity index (χ4n) is 3.52. The second kappa shape index (κ2) is 8.74. The minimum Gasteiger partial charge on any atom is -0.497 e. The van der Waals surface area contributed by atoms with Crippen LogP contribution in [-0.4, -0.2) is 29.9 Å². The summed E-state index contributed by atoms with van der Waals surface area (Å²) in [5.41, 5.74) is 6.49. The predicted octanol–water partition coefficient (Wildman–Crippen LogP) is 5.85. The molecule has 1 amide bonds. The van der Waals surface area contributed by atoms with E-state index in [0.29, 0.717) is 17.9 Å². The summed E-state index contributed by atoms with van der Waals surface area (Å²) in [6, 6.07) is 16.8. The number of hydrogen-bond donors (Lipinski definition) is 1. The first-order valence-electron chi connectivity index (χ1n) is 9.93. The van der Waals surface area contributed by atoms with Crippen molar-refractivity contribution < 1.29 is 22.7 Å². The van der Waals surface area contributed by atoms with Gasteiger partial charge in [0.05, 0.1) is 24.1 Å². The smallest absolute Gasteiger partial charge is 0.417 e. The molecular formula is C24H20F3N3O2S. The van der Waals surface area contributed by atoms with Gasteiger partial charge in [0.15, 0.2) is 0 Å². The highest BCUT2D eigenvalue weighted by Gasteiger charge is 2.36.